The Morgan fingerprint density at radius 1 is 0.970 bits per heavy atom. The lowest BCUT2D eigenvalue weighted by Gasteiger charge is -2.22. The molecule has 2 aliphatic heterocycles. The third-order valence-electron chi connectivity index (χ3n) is 5.66. The third kappa shape index (κ3) is 7.21. The van der Waals surface area contributed by atoms with E-state index < -0.39 is 0 Å². The van der Waals surface area contributed by atoms with E-state index in [1.165, 1.54) is 5.56 Å². The molecular weight excluding hydrogens is 412 g/mol. The number of pyridine rings is 1. The number of hydrogen-bond donors (Lipinski definition) is 4. The van der Waals surface area contributed by atoms with Crippen molar-refractivity contribution in [1.29, 1.82) is 0 Å². The Morgan fingerprint density at radius 2 is 1.91 bits per heavy atom. The summed E-state index contributed by atoms with van der Waals surface area (Å²) in [6.07, 6.45) is 6.99. The molecule has 0 fully saturated rings. The summed E-state index contributed by atoms with van der Waals surface area (Å²) in [7, 11) is 0. The first kappa shape index (κ1) is 23.1. The van der Waals surface area contributed by atoms with Gasteiger partial charge in [-0.25, -0.2) is 15.0 Å². The van der Waals surface area contributed by atoms with Crippen molar-refractivity contribution in [1.82, 2.24) is 25.2 Å². The number of fused-ring (bicyclic) bond motifs is 12. The smallest absolute Gasteiger partial charge is 0.227 e. The lowest BCUT2D eigenvalue weighted by Crippen LogP contribution is -2.30. The van der Waals surface area contributed by atoms with Crippen molar-refractivity contribution in [2.24, 2.45) is 5.73 Å². The summed E-state index contributed by atoms with van der Waals surface area (Å²) in [6, 6.07) is 14.4. The van der Waals surface area contributed by atoms with Crippen LogP contribution in [0.4, 0.5) is 17.5 Å². The largest absolute Gasteiger partial charge is 0.370 e. The molecular formula is C25H34N8. The predicted molar refractivity (Wildman–Crippen MR) is 135 cm³/mol. The normalized spacial score (nSPS) is 16.2. The van der Waals surface area contributed by atoms with Gasteiger partial charge in [-0.15, -0.1) is 0 Å². The van der Waals surface area contributed by atoms with Crippen molar-refractivity contribution >= 4 is 17.5 Å². The Labute approximate surface area is 196 Å². The summed E-state index contributed by atoms with van der Waals surface area (Å²) < 4.78 is 0. The van der Waals surface area contributed by atoms with E-state index in [4.69, 9.17) is 10.7 Å². The van der Waals surface area contributed by atoms with Gasteiger partial charge in [-0.2, -0.15) is 0 Å². The van der Waals surface area contributed by atoms with Crippen LogP contribution in [-0.2, 0) is 6.54 Å². The number of nitrogens with zero attached hydrogens (tertiary/aromatic N) is 4. The van der Waals surface area contributed by atoms with Gasteiger partial charge in [0.2, 0.25) is 5.95 Å². The first-order chi connectivity index (χ1) is 16.3. The Kier molecular flexibility index (Phi) is 8.57. The Balaban J connectivity index is 1.54. The van der Waals surface area contributed by atoms with Crippen LogP contribution >= 0.6 is 0 Å². The highest BCUT2D eigenvalue weighted by molar-refractivity contribution is 5.62. The molecule has 0 atom stereocenters. The Hall–Kier alpha value is -3.07. The van der Waals surface area contributed by atoms with Gasteiger partial charge in [0.05, 0.1) is 5.69 Å². The molecule has 2 aliphatic rings. The first-order valence-corrected chi connectivity index (χ1v) is 11.8. The summed E-state index contributed by atoms with van der Waals surface area (Å²) in [4.78, 5) is 16.1. The zero-order valence-corrected chi connectivity index (χ0v) is 19.1. The van der Waals surface area contributed by atoms with Crippen molar-refractivity contribution in [3.05, 3.63) is 60.4 Å². The van der Waals surface area contributed by atoms with Gasteiger partial charge in [0.15, 0.2) is 0 Å². The van der Waals surface area contributed by atoms with Crippen LogP contribution in [0.1, 0.15) is 24.8 Å². The molecule has 3 aromatic rings. The monoisotopic (exact) mass is 446 g/mol. The fraction of sp³-hybridized carbons (Fsp3) is 0.400. The van der Waals surface area contributed by atoms with Crippen LogP contribution in [0.3, 0.4) is 0 Å². The van der Waals surface area contributed by atoms with Gasteiger partial charge in [0, 0.05) is 49.8 Å². The van der Waals surface area contributed by atoms with Crippen LogP contribution in [0.15, 0.2) is 54.9 Å². The highest BCUT2D eigenvalue weighted by Gasteiger charge is 2.08. The molecule has 0 aliphatic carbocycles. The second-order valence-corrected chi connectivity index (χ2v) is 8.33. The van der Waals surface area contributed by atoms with E-state index in [0.717, 1.165) is 81.3 Å². The van der Waals surface area contributed by atoms with Crippen LogP contribution in [-0.4, -0.2) is 59.1 Å². The number of benzene rings is 1. The van der Waals surface area contributed by atoms with Gasteiger partial charge in [-0.05, 0) is 74.8 Å². The third-order valence-corrected chi connectivity index (χ3v) is 5.66. The van der Waals surface area contributed by atoms with Crippen molar-refractivity contribution in [3.8, 4) is 11.3 Å². The molecule has 8 heteroatoms. The minimum atomic E-state index is 0.570. The average Bonchev–Trinajstić information content (AvgIpc) is 2.83. The van der Waals surface area contributed by atoms with Gasteiger partial charge in [0.25, 0.3) is 0 Å². The standard InChI is InChI=1S/C25H34N8/c26-10-16-33-15-2-1-11-27-12-4-13-28-24-8-7-21(18-30-24)23-9-14-29-25(32-23)31-22-6-3-5-20(17-22)19-33/h3,5-9,14,17-18,27H,1-2,4,10-13,15-16,19,26H2,(H,28,30)(H,29,31,32). The summed E-state index contributed by atoms with van der Waals surface area (Å²) in [5, 5.41) is 10.3. The molecule has 4 heterocycles. The van der Waals surface area contributed by atoms with Crippen LogP contribution in [0.2, 0.25) is 0 Å². The van der Waals surface area contributed by atoms with E-state index in [1.54, 1.807) is 6.20 Å². The molecule has 33 heavy (non-hydrogen) atoms. The molecule has 0 unspecified atom stereocenters. The fourth-order valence-electron chi connectivity index (χ4n) is 3.96. The van der Waals surface area contributed by atoms with Crippen molar-refractivity contribution in [2.75, 3.05) is 49.9 Å². The number of nitrogens with two attached hydrogens (primary N) is 1. The number of hydrogen-bond acceptors (Lipinski definition) is 8. The summed E-state index contributed by atoms with van der Waals surface area (Å²) in [6.45, 7) is 6.42. The number of aromatic nitrogens is 3. The van der Waals surface area contributed by atoms with Gasteiger partial charge in [-0.1, -0.05) is 12.1 Å². The fourth-order valence-corrected chi connectivity index (χ4v) is 3.96. The highest BCUT2D eigenvalue weighted by Crippen LogP contribution is 2.21. The van der Waals surface area contributed by atoms with Crippen LogP contribution in [0, 0.1) is 0 Å². The van der Waals surface area contributed by atoms with E-state index >= 15 is 0 Å². The van der Waals surface area contributed by atoms with Gasteiger partial charge >= 0.3 is 0 Å². The SMILES string of the molecule is NCCN1CCCCNCCCNc2ccc(cn2)-c2ccnc(n2)Nc2cccc(c2)C1. The second kappa shape index (κ2) is 12.2. The molecule has 6 bridgehead atoms. The first-order valence-electron chi connectivity index (χ1n) is 11.8. The lowest BCUT2D eigenvalue weighted by atomic mass is 10.1. The number of nitrogens with one attached hydrogen (secondary N) is 3. The second-order valence-electron chi connectivity index (χ2n) is 8.33. The van der Waals surface area contributed by atoms with E-state index in [1.807, 2.05) is 30.5 Å². The maximum atomic E-state index is 5.88. The van der Waals surface area contributed by atoms with E-state index in [9.17, 15) is 0 Å². The maximum Gasteiger partial charge on any atom is 0.227 e. The summed E-state index contributed by atoms with van der Waals surface area (Å²) in [5.41, 5.74) is 9.89. The zero-order valence-electron chi connectivity index (χ0n) is 19.1. The van der Waals surface area contributed by atoms with Crippen LogP contribution in [0.5, 0.6) is 0 Å². The molecule has 1 aromatic carbocycles. The summed E-state index contributed by atoms with van der Waals surface area (Å²) >= 11 is 0. The molecule has 5 rings (SSSR count). The molecule has 0 saturated carbocycles. The van der Waals surface area contributed by atoms with Crippen molar-refractivity contribution in [2.45, 2.75) is 25.8 Å². The topological polar surface area (TPSA) is 104 Å². The van der Waals surface area contributed by atoms with Crippen molar-refractivity contribution < 1.29 is 0 Å². The van der Waals surface area contributed by atoms with Gasteiger partial charge in [0.1, 0.15) is 5.82 Å². The average molecular weight is 447 g/mol. The van der Waals surface area contributed by atoms with Crippen LogP contribution < -0.4 is 21.7 Å². The molecule has 5 N–H and O–H groups in total. The maximum absolute atomic E-state index is 5.88. The molecule has 0 amide bonds. The summed E-state index contributed by atoms with van der Waals surface area (Å²) in [5.74, 6) is 1.45. The molecule has 174 valence electrons. The van der Waals surface area contributed by atoms with E-state index in [2.05, 4.69) is 49.0 Å². The minimum absolute atomic E-state index is 0.570. The number of rotatable bonds is 2. The molecule has 2 aromatic heterocycles. The molecule has 0 spiro atoms. The van der Waals surface area contributed by atoms with Crippen molar-refractivity contribution in [3.63, 3.8) is 0 Å². The van der Waals surface area contributed by atoms with E-state index in [0.29, 0.717) is 12.5 Å². The van der Waals surface area contributed by atoms with Gasteiger partial charge in [-0.3, -0.25) is 4.90 Å². The lowest BCUT2D eigenvalue weighted by molar-refractivity contribution is 0.266. The molecule has 0 radical (unpaired) electrons. The Bertz CT molecular complexity index is 992. The number of anilines is 3. The minimum Gasteiger partial charge on any atom is -0.370 e. The zero-order chi connectivity index (χ0) is 22.7. The van der Waals surface area contributed by atoms with E-state index in [-0.39, 0.29) is 0 Å². The predicted octanol–water partition coefficient (Wildman–Crippen LogP) is 3.23. The molecule has 8 nitrogen and oxygen atoms in total. The Morgan fingerprint density at radius 3 is 2.79 bits per heavy atom. The van der Waals surface area contributed by atoms with Gasteiger partial charge < -0.3 is 21.7 Å². The highest BCUT2D eigenvalue weighted by atomic mass is 15.1. The molecule has 0 saturated heterocycles. The van der Waals surface area contributed by atoms with Crippen LogP contribution in [0.25, 0.3) is 11.3 Å². The quantitative estimate of drug-likeness (QED) is 0.476.